The molecule has 3 aromatic rings. The van der Waals surface area contributed by atoms with Crippen LogP contribution < -0.4 is 5.69 Å². The molecule has 9 heteroatoms. The molecular formula is C16H22N8O. The van der Waals surface area contributed by atoms with Gasteiger partial charge in [-0.25, -0.2) is 14.2 Å². The lowest BCUT2D eigenvalue weighted by Crippen LogP contribution is -2.37. The van der Waals surface area contributed by atoms with E-state index in [0.717, 1.165) is 19.6 Å². The van der Waals surface area contributed by atoms with Gasteiger partial charge in [0, 0.05) is 38.1 Å². The summed E-state index contributed by atoms with van der Waals surface area (Å²) >= 11 is 0. The molecule has 0 bridgehead atoms. The lowest BCUT2D eigenvalue weighted by molar-refractivity contribution is 0.236. The second-order valence-electron chi connectivity index (χ2n) is 6.68. The van der Waals surface area contributed by atoms with Crippen molar-refractivity contribution in [3.63, 3.8) is 0 Å². The number of hydrogen-bond donors (Lipinski definition) is 0. The minimum atomic E-state index is -0.0909. The molecule has 3 aromatic heterocycles. The first-order chi connectivity index (χ1) is 12.1. The van der Waals surface area contributed by atoms with Crippen molar-refractivity contribution in [1.82, 2.24) is 39.0 Å². The molecule has 1 fully saturated rings. The highest BCUT2D eigenvalue weighted by Crippen LogP contribution is 2.24. The molecule has 4 rings (SSSR count). The molecule has 1 aliphatic heterocycles. The van der Waals surface area contributed by atoms with Crippen molar-refractivity contribution in [3.05, 3.63) is 47.3 Å². The Morgan fingerprint density at radius 3 is 2.80 bits per heavy atom. The van der Waals surface area contributed by atoms with Crippen LogP contribution in [0.1, 0.15) is 6.04 Å². The monoisotopic (exact) mass is 342 g/mol. The van der Waals surface area contributed by atoms with E-state index in [1.54, 1.807) is 21.5 Å². The molecular weight excluding hydrogens is 320 g/mol. The van der Waals surface area contributed by atoms with E-state index >= 15 is 0 Å². The molecule has 0 amide bonds. The van der Waals surface area contributed by atoms with Crippen molar-refractivity contribution >= 4 is 5.65 Å². The average Bonchev–Trinajstić information content (AvgIpc) is 3.32. The van der Waals surface area contributed by atoms with Gasteiger partial charge in [-0.3, -0.25) is 9.30 Å². The van der Waals surface area contributed by atoms with Gasteiger partial charge in [-0.1, -0.05) is 11.3 Å². The van der Waals surface area contributed by atoms with E-state index in [9.17, 15) is 4.79 Å². The summed E-state index contributed by atoms with van der Waals surface area (Å²) in [6.07, 6.45) is 5.38. The Labute approximate surface area is 145 Å². The summed E-state index contributed by atoms with van der Waals surface area (Å²) in [5.41, 5.74) is 0.590. The minimum Gasteiger partial charge on any atom is -0.303 e. The molecule has 0 aromatic carbocycles. The van der Waals surface area contributed by atoms with Crippen LogP contribution in [0.15, 0.2) is 41.6 Å². The third kappa shape index (κ3) is 2.96. The molecule has 132 valence electrons. The number of hydrogen-bond acceptors (Lipinski definition) is 6. The zero-order valence-corrected chi connectivity index (χ0v) is 14.4. The van der Waals surface area contributed by atoms with Gasteiger partial charge in [0.25, 0.3) is 0 Å². The standard InChI is InChI=1S/C16H22N8O/c1-20(2)13-11-21(12-14(13)23-8-6-17-19-23)9-10-24-16(25)22-7-4-3-5-15(22)18-24/h3-8,13-14H,9-12H2,1-2H3/t13-,14+/m1/s1. The van der Waals surface area contributed by atoms with Gasteiger partial charge in [0.05, 0.1) is 18.8 Å². The molecule has 1 aliphatic rings. The number of aromatic nitrogens is 6. The lowest BCUT2D eigenvalue weighted by Gasteiger charge is -2.24. The highest BCUT2D eigenvalue weighted by molar-refractivity contribution is 5.35. The van der Waals surface area contributed by atoms with E-state index < -0.39 is 0 Å². The second kappa shape index (κ2) is 6.41. The lowest BCUT2D eigenvalue weighted by atomic mass is 10.1. The Balaban J connectivity index is 1.48. The van der Waals surface area contributed by atoms with Gasteiger partial charge in [-0.05, 0) is 26.2 Å². The number of likely N-dealkylation sites (N-methyl/N-ethyl adjacent to an activating group) is 1. The highest BCUT2D eigenvalue weighted by Gasteiger charge is 2.35. The first kappa shape index (κ1) is 16.0. The Kier molecular flexibility index (Phi) is 4.10. The number of likely N-dealkylation sites (tertiary alicyclic amines) is 1. The highest BCUT2D eigenvalue weighted by atomic mass is 16.2. The van der Waals surface area contributed by atoms with Crippen molar-refractivity contribution in [3.8, 4) is 0 Å². The van der Waals surface area contributed by atoms with Gasteiger partial charge >= 0.3 is 5.69 Å². The van der Waals surface area contributed by atoms with E-state index in [2.05, 4.69) is 39.3 Å². The van der Waals surface area contributed by atoms with Crippen LogP contribution in [0.4, 0.5) is 0 Å². The van der Waals surface area contributed by atoms with E-state index in [-0.39, 0.29) is 11.7 Å². The summed E-state index contributed by atoms with van der Waals surface area (Å²) in [5.74, 6) is 0. The third-order valence-electron chi connectivity index (χ3n) is 4.90. The number of pyridine rings is 1. The first-order valence-electron chi connectivity index (χ1n) is 8.42. The zero-order valence-electron chi connectivity index (χ0n) is 14.4. The zero-order chi connectivity index (χ0) is 17.4. The quantitative estimate of drug-likeness (QED) is 0.627. The number of nitrogens with zero attached hydrogens (tertiary/aromatic N) is 8. The molecule has 25 heavy (non-hydrogen) atoms. The summed E-state index contributed by atoms with van der Waals surface area (Å²) in [6.45, 7) is 3.16. The van der Waals surface area contributed by atoms with Crippen LogP contribution in [0.2, 0.25) is 0 Å². The van der Waals surface area contributed by atoms with Crippen LogP contribution in [-0.2, 0) is 6.54 Å². The topological polar surface area (TPSA) is 76.5 Å². The van der Waals surface area contributed by atoms with Gasteiger partial charge in [0.1, 0.15) is 0 Å². The molecule has 4 heterocycles. The van der Waals surface area contributed by atoms with Crippen molar-refractivity contribution < 1.29 is 0 Å². The summed E-state index contributed by atoms with van der Waals surface area (Å²) in [4.78, 5) is 17.0. The van der Waals surface area contributed by atoms with E-state index in [0.29, 0.717) is 18.2 Å². The normalized spacial score (nSPS) is 21.6. The summed E-state index contributed by atoms with van der Waals surface area (Å²) in [7, 11) is 4.18. The second-order valence-corrected chi connectivity index (χ2v) is 6.68. The van der Waals surface area contributed by atoms with Crippen LogP contribution in [0, 0.1) is 0 Å². The van der Waals surface area contributed by atoms with E-state index in [1.807, 2.05) is 29.1 Å². The predicted octanol–water partition coefficient (Wildman–Crippen LogP) is -0.425. The van der Waals surface area contributed by atoms with Crippen molar-refractivity contribution in [1.29, 1.82) is 0 Å². The summed E-state index contributed by atoms with van der Waals surface area (Å²) < 4.78 is 5.05. The van der Waals surface area contributed by atoms with Crippen molar-refractivity contribution in [2.24, 2.45) is 0 Å². The van der Waals surface area contributed by atoms with Gasteiger partial charge in [-0.15, -0.1) is 10.2 Å². The van der Waals surface area contributed by atoms with Crippen LogP contribution >= 0.6 is 0 Å². The Bertz CT molecular complexity index is 896. The molecule has 0 unspecified atom stereocenters. The Morgan fingerprint density at radius 1 is 1.20 bits per heavy atom. The van der Waals surface area contributed by atoms with Crippen molar-refractivity contribution in [2.75, 3.05) is 33.7 Å². The van der Waals surface area contributed by atoms with Crippen LogP contribution in [0.5, 0.6) is 0 Å². The minimum absolute atomic E-state index is 0.0909. The summed E-state index contributed by atoms with van der Waals surface area (Å²) in [5, 5.41) is 12.5. The molecule has 0 spiro atoms. The molecule has 0 radical (unpaired) electrons. The van der Waals surface area contributed by atoms with Gasteiger partial charge in [0.2, 0.25) is 0 Å². The predicted molar refractivity (Wildman–Crippen MR) is 92.4 cm³/mol. The summed E-state index contributed by atoms with van der Waals surface area (Å²) in [6, 6.07) is 6.19. The SMILES string of the molecule is CN(C)[C@@H]1CN(CCn2nc3ccccn3c2=O)C[C@@H]1n1ccnn1. The molecule has 9 nitrogen and oxygen atoms in total. The fourth-order valence-electron chi connectivity index (χ4n) is 3.54. The molecule has 2 atom stereocenters. The maximum atomic E-state index is 12.4. The number of rotatable bonds is 5. The molecule has 0 aliphatic carbocycles. The molecule has 1 saturated heterocycles. The van der Waals surface area contributed by atoms with E-state index in [4.69, 9.17) is 0 Å². The fraction of sp³-hybridized carbons (Fsp3) is 0.500. The Morgan fingerprint density at radius 2 is 2.08 bits per heavy atom. The maximum Gasteiger partial charge on any atom is 0.350 e. The van der Waals surface area contributed by atoms with Crippen LogP contribution in [0.3, 0.4) is 0 Å². The number of fused-ring (bicyclic) bond motifs is 1. The third-order valence-corrected chi connectivity index (χ3v) is 4.90. The van der Waals surface area contributed by atoms with Crippen LogP contribution in [0.25, 0.3) is 5.65 Å². The van der Waals surface area contributed by atoms with E-state index in [1.165, 1.54) is 0 Å². The maximum absolute atomic E-state index is 12.4. The molecule has 0 saturated carbocycles. The fourth-order valence-corrected chi connectivity index (χ4v) is 3.54. The molecule has 0 N–H and O–H groups in total. The average molecular weight is 342 g/mol. The smallest absolute Gasteiger partial charge is 0.303 e. The van der Waals surface area contributed by atoms with Gasteiger partial charge < -0.3 is 4.90 Å². The largest absolute Gasteiger partial charge is 0.350 e. The van der Waals surface area contributed by atoms with Gasteiger partial charge in [0.15, 0.2) is 5.65 Å². The van der Waals surface area contributed by atoms with Gasteiger partial charge in [-0.2, -0.15) is 0 Å². The van der Waals surface area contributed by atoms with Crippen molar-refractivity contribution in [2.45, 2.75) is 18.6 Å². The van der Waals surface area contributed by atoms with Crippen LogP contribution in [-0.4, -0.2) is 78.7 Å². The first-order valence-corrected chi connectivity index (χ1v) is 8.42. The Hall–Kier alpha value is -2.52.